The molecule has 0 aromatic heterocycles. The number of aliphatic hydroxyl groups excluding tert-OH is 1. The average molecular weight is 350 g/mol. The zero-order valence-corrected chi connectivity index (χ0v) is 15.8. The maximum absolute atomic E-state index is 12.6. The van der Waals surface area contributed by atoms with Gasteiger partial charge in [0.1, 0.15) is 5.41 Å². The van der Waals surface area contributed by atoms with Crippen LogP contribution in [0.3, 0.4) is 0 Å². The van der Waals surface area contributed by atoms with Gasteiger partial charge in [-0.2, -0.15) is 0 Å². The quantitative estimate of drug-likeness (QED) is 0.519. The number of carbonyl (C=O) groups is 2. The number of hydrogen-bond donors (Lipinski definition) is 1. The highest BCUT2D eigenvalue weighted by molar-refractivity contribution is 6.04. The summed E-state index contributed by atoms with van der Waals surface area (Å²) in [5, 5.41) is 10.5. The topological polar surface area (TPSA) is 72.8 Å². The molecular weight excluding hydrogens is 320 g/mol. The highest BCUT2D eigenvalue weighted by Gasteiger charge is 2.42. The van der Waals surface area contributed by atoms with Crippen LogP contribution in [0, 0.1) is 17.3 Å². The molecule has 0 aliphatic rings. The van der Waals surface area contributed by atoms with Gasteiger partial charge in [0, 0.05) is 11.8 Å². The first-order valence-electron chi connectivity index (χ1n) is 8.73. The van der Waals surface area contributed by atoms with Gasteiger partial charge in [-0.1, -0.05) is 44.2 Å². The van der Waals surface area contributed by atoms with Crippen molar-refractivity contribution in [3.8, 4) is 0 Å². The van der Waals surface area contributed by atoms with Gasteiger partial charge in [0.15, 0.2) is 5.78 Å². The minimum absolute atomic E-state index is 0.218. The Hall–Kier alpha value is -1.72. The van der Waals surface area contributed by atoms with E-state index >= 15 is 0 Å². The van der Waals surface area contributed by atoms with Crippen LogP contribution >= 0.6 is 0 Å². The van der Waals surface area contributed by atoms with E-state index in [-0.39, 0.29) is 18.3 Å². The summed E-state index contributed by atoms with van der Waals surface area (Å²) >= 11 is 0. The maximum Gasteiger partial charge on any atom is 0.319 e. The Morgan fingerprint density at radius 2 is 1.76 bits per heavy atom. The van der Waals surface area contributed by atoms with Gasteiger partial charge >= 0.3 is 5.97 Å². The molecule has 0 fully saturated rings. The van der Waals surface area contributed by atoms with Crippen LogP contribution in [0.5, 0.6) is 0 Å². The van der Waals surface area contributed by atoms with Crippen molar-refractivity contribution in [2.45, 2.75) is 47.3 Å². The second-order valence-corrected chi connectivity index (χ2v) is 6.97. The second kappa shape index (κ2) is 9.68. The maximum atomic E-state index is 12.6. The number of Topliss-reactive ketones (excluding diaryl/α,β-unsaturated/α-hetero) is 1. The number of esters is 1. The molecule has 0 saturated heterocycles. The van der Waals surface area contributed by atoms with Crippen molar-refractivity contribution in [3.05, 3.63) is 35.9 Å². The predicted octanol–water partition coefficient (Wildman–Crippen LogP) is 2.99. The van der Waals surface area contributed by atoms with Crippen LogP contribution in [0.4, 0.5) is 0 Å². The molecule has 3 unspecified atom stereocenters. The van der Waals surface area contributed by atoms with Crippen LogP contribution in [0.15, 0.2) is 30.3 Å². The Morgan fingerprint density at radius 1 is 1.16 bits per heavy atom. The Bertz CT molecular complexity index is 552. The molecule has 0 radical (unpaired) electrons. The van der Waals surface area contributed by atoms with Crippen molar-refractivity contribution in [2.24, 2.45) is 17.3 Å². The summed E-state index contributed by atoms with van der Waals surface area (Å²) in [4.78, 5) is 24.6. The molecule has 5 nitrogen and oxygen atoms in total. The van der Waals surface area contributed by atoms with E-state index in [1.54, 1.807) is 13.8 Å². The van der Waals surface area contributed by atoms with Crippen LogP contribution in [0.1, 0.15) is 40.2 Å². The van der Waals surface area contributed by atoms with Gasteiger partial charge < -0.3 is 14.6 Å². The number of benzene rings is 1. The average Bonchev–Trinajstić information content (AvgIpc) is 2.60. The second-order valence-electron chi connectivity index (χ2n) is 6.97. The summed E-state index contributed by atoms with van der Waals surface area (Å²) in [6.45, 7) is 9.24. The van der Waals surface area contributed by atoms with E-state index in [9.17, 15) is 14.7 Å². The number of rotatable bonds is 10. The lowest BCUT2D eigenvalue weighted by molar-refractivity contribution is -0.160. The van der Waals surface area contributed by atoms with Crippen LogP contribution in [-0.2, 0) is 25.7 Å². The number of aliphatic hydroxyl groups is 1. The van der Waals surface area contributed by atoms with Gasteiger partial charge in [-0.15, -0.1) is 0 Å². The molecule has 1 aromatic carbocycles. The first kappa shape index (κ1) is 21.3. The van der Waals surface area contributed by atoms with E-state index in [0.29, 0.717) is 13.2 Å². The smallest absolute Gasteiger partial charge is 0.319 e. The van der Waals surface area contributed by atoms with E-state index in [1.807, 2.05) is 37.3 Å². The highest BCUT2D eigenvalue weighted by atomic mass is 16.5. The van der Waals surface area contributed by atoms with Crippen molar-refractivity contribution in [1.29, 1.82) is 0 Å². The molecule has 0 spiro atoms. The minimum atomic E-state index is -1.28. The lowest BCUT2D eigenvalue weighted by Crippen LogP contribution is -2.44. The molecule has 3 atom stereocenters. The first-order valence-corrected chi connectivity index (χ1v) is 8.73. The van der Waals surface area contributed by atoms with Gasteiger partial charge in [0.05, 0.1) is 25.9 Å². The van der Waals surface area contributed by atoms with Gasteiger partial charge in [-0.3, -0.25) is 9.59 Å². The van der Waals surface area contributed by atoms with Gasteiger partial charge in [-0.05, 0) is 26.3 Å². The summed E-state index contributed by atoms with van der Waals surface area (Å²) in [6, 6.07) is 9.75. The largest absolute Gasteiger partial charge is 0.465 e. The van der Waals surface area contributed by atoms with E-state index < -0.39 is 23.4 Å². The molecule has 25 heavy (non-hydrogen) atoms. The third kappa shape index (κ3) is 5.94. The molecule has 140 valence electrons. The molecule has 1 rings (SSSR count). The molecule has 0 amide bonds. The van der Waals surface area contributed by atoms with E-state index in [2.05, 4.69) is 0 Å². The Kier molecular flexibility index (Phi) is 8.26. The standard InChI is InChI=1S/C20H30O5/c1-6-25-19(23)20(4,5)18(22)15(3)17(21)14(2)12-24-13-16-10-8-7-9-11-16/h7-11,14-15,17,21H,6,12-13H2,1-5H3. The summed E-state index contributed by atoms with van der Waals surface area (Å²) in [5.41, 5.74) is -0.224. The van der Waals surface area contributed by atoms with E-state index in [0.717, 1.165) is 5.56 Å². The molecule has 0 bridgehead atoms. The number of hydrogen-bond acceptors (Lipinski definition) is 5. The minimum Gasteiger partial charge on any atom is -0.465 e. The zero-order valence-electron chi connectivity index (χ0n) is 15.8. The molecule has 1 aromatic rings. The van der Waals surface area contributed by atoms with Crippen LogP contribution in [0.2, 0.25) is 0 Å². The van der Waals surface area contributed by atoms with Gasteiger partial charge in [0.2, 0.25) is 0 Å². The summed E-state index contributed by atoms with van der Waals surface area (Å²) in [6.07, 6.45) is -0.892. The lowest BCUT2D eigenvalue weighted by Gasteiger charge is -2.29. The fourth-order valence-corrected chi connectivity index (χ4v) is 2.66. The molecule has 0 aliphatic heterocycles. The Labute approximate surface area is 150 Å². The number of ether oxygens (including phenoxy) is 2. The predicted molar refractivity (Wildman–Crippen MR) is 95.9 cm³/mol. The van der Waals surface area contributed by atoms with Gasteiger partial charge in [0.25, 0.3) is 0 Å². The molecular formula is C20H30O5. The SMILES string of the molecule is CCOC(=O)C(C)(C)C(=O)C(C)C(O)C(C)COCc1ccccc1. The van der Waals surface area contributed by atoms with Crippen molar-refractivity contribution in [3.63, 3.8) is 0 Å². The van der Waals surface area contributed by atoms with Crippen LogP contribution < -0.4 is 0 Å². The summed E-state index contributed by atoms with van der Waals surface area (Å²) < 4.78 is 10.6. The van der Waals surface area contributed by atoms with Gasteiger partial charge in [-0.25, -0.2) is 0 Å². The monoisotopic (exact) mass is 350 g/mol. The Morgan fingerprint density at radius 3 is 2.32 bits per heavy atom. The van der Waals surface area contributed by atoms with E-state index in [1.165, 1.54) is 13.8 Å². The summed E-state index contributed by atoms with van der Waals surface area (Å²) in [5.74, 6) is -1.81. The van der Waals surface area contributed by atoms with Crippen LogP contribution in [-0.4, -0.2) is 36.2 Å². The molecule has 0 saturated carbocycles. The van der Waals surface area contributed by atoms with Crippen molar-refractivity contribution in [1.82, 2.24) is 0 Å². The number of carbonyl (C=O) groups excluding carboxylic acids is 2. The van der Waals surface area contributed by atoms with E-state index in [4.69, 9.17) is 9.47 Å². The lowest BCUT2D eigenvalue weighted by atomic mass is 9.77. The molecule has 1 N–H and O–H groups in total. The van der Waals surface area contributed by atoms with Crippen molar-refractivity contribution in [2.75, 3.05) is 13.2 Å². The van der Waals surface area contributed by atoms with Crippen LogP contribution in [0.25, 0.3) is 0 Å². The molecule has 0 aliphatic carbocycles. The first-order chi connectivity index (χ1) is 11.7. The van der Waals surface area contributed by atoms with Crippen molar-refractivity contribution >= 4 is 11.8 Å². The molecule has 0 heterocycles. The number of ketones is 1. The van der Waals surface area contributed by atoms with Crippen molar-refractivity contribution < 1.29 is 24.2 Å². The zero-order chi connectivity index (χ0) is 19.0. The third-order valence-corrected chi connectivity index (χ3v) is 4.40. The normalized spacial score (nSPS) is 15.3. The summed E-state index contributed by atoms with van der Waals surface area (Å²) in [7, 11) is 0. The molecule has 5 heteroatoms. The highest BCUT2D eigenvalue weighted by Crippen LogP contribution is 2.27. The fourth-order valence-electron chi connectivity index (χ4n) is 2.66. The third-order valence-electron chi connectivity index (χ3n) is 4.40. The Balaban J connectivity index is 2.57. The fraction of sp³-hybridized carbons (Fsp3) is 0.600.